The summed E-state index contributed by atoms with van der Waals surface area (Å²) in [6, 6.07) is 11.9. The molecule has 0 spiro atoms. The molecule has 7 heteroatoms. The Balaban J connectivity index is 1.49. The molecule has 1 aromatic carbocycles. The van der Waals surface area contributed by atoms with Gasteiger partial charge in [-0.3, -0.25) is 14.3 Å². The van der Waals surface area contributed by atoms with E-state index in [1.807, 2.05) is 29.8 Å². The number of benzene rings is 1. The van der Waals surface area contributed by atoms with Crippen molar-refractivity contribution in [1.82, 2.24) is 19.4 Å². The summed E-state index contributed by atoms with van der Waals surface area (Å²) in [7, 11) is 1.92. The topological polar surface area (TPSA) is 61.1 Å². The summed E-state index contributed by atoms with van der Waals surface area (Å²) >= 11 is 0. The molecule has 30 heavy (non-hydrogen) atoms. The fourth-order valence-corrected chi connectivity index (χ4v) is 3.86. The maximum Gasteiger partial charge on any atom is 0.297 e. The minimum absolute atomic E-state index is 0.0537. The Morgan fingerprint density at radius 3 is 3.03 bits per heavy atom. The summed E-state index contributed by atoms with van der Waals surface area (Å²) in [5, 5.41) is 3.97. The molecule has 0 saturated carbocycles. The van der Waals surface area contributed by atoms with E-state index < -0.39 is 12.3 Å². The first kappa shape index (κ1) is 16.4. The average molecular weight is 406 g/mol. The summed E-state index contributed by atoms with van der Waals surface area (Å²) in [4.78, 5) is 17.0. The number of nitrogens with one attached hydrogen (secondary N) is 1. The van der Waals surface area contributed by atoms with E-state index in [4.69, 9.17) is 7.48 Å². The quantitative estimate of drug-likeness (QED) is 0.566. The lowest BCUT2D eigenvalue weighted by Crippen LogP contribution is -2.24. The number of aryl methyl sites for hydroxylation is 1. The monoisotopic (exact) mass is 406 g/mol. The normalized spacial score (nSPS) is 16.1. The van der Waals surface area contributed by atoms with Gasteiger partial charge in [0, 0.05) is 46.5 Å². The van der Waals surface area contributed by atoms with Crippen LogP contribution in [-0.4, -0.2) is 20.6 Å². The van der Waals surface area contributed by atoms with Crippen molar-refractivity contribution in [1.29, 1.82) is 0 Å². The lowest BCUT2D eigenvalue weighted by molar-refractivity contribution is 0.295. The first-order valence-electron chi connectivity index (χ1n) is 10.6. The fourth-order valence-electron chi connectivity index (χ4n) is 3.86. The summed E-state index contributed by atoms with van der Waals surface area (Å²) in [6.45, 7) is -0.933. The van der Waals surface area contributed by atoms with E-state index in [2.05, 4.69) is 10.3 Å². The molecule has 1 aliphatic heterocycles. The number of fused-ring (bicyclic) bond motifs is 3. The molecule has 152 valence electrons. The molecule has 3 aromatic heterocycles. The van der Waals surface area contributed by atoms with Crippen LogP contribution in [-0.2, 0) is 26.6 Å². The van der Waals surface area contributed by atoms with Gasteiger partial charge in [0.25, 0.3) is 5.56 Å². The molecule has 6 nitrogen and oxygen atoms in total. The zero-order valence-corrected chi connectivity index (χ0v) is 16.4. The summed E-state index contributed by atoms with van der Waals surface area (Å²) in [6.07, 6.45) is 3.07. The van der Waals surface area contributed by atoms with Gasteiger partial charge in [0.15, 0.2) is 5.75 Å². The molecule has 0 fully saturated rings. The Kier molecular flexibility index (Phi) is 4.05. The lowest BCUT2D eigenvalue weighted by atomic mass is 10.1. The van der Waals surface area contributed by atoms with Crippen LogP contribution in [0.15, 0.2) is 59.7 Å². The van der Waals surface area contributed by atoms with Gasteiger partial charge in [-0.05, 0) is 42.0 Å². The van der Waals surface area contributed by atoms with Crippen LogP contribution >= 0.6 is 0 Å². The number of hydrogen-bond donors (Lipinski definition) is 1. The first-order valence-corrected chi connectivity index (χ1v) is 9.63. The van der Waals surface area contributed by atoms with E-state index in [-0.39, 0.29) is 24.3 Å². The smallest absolute Gasteiger partial charge is 0.297 e. The van der Waals surface area contributed by atoms with Gasteiger partial charge in [-0.2, -0.15) is 0 Å². The maximum absolute atomic E-state index is 13.0. The maximum atomic E-state index is 13.0. The third kappa shape index (κ3) is 3.17. The molecule has 0 unspecified atom stereocenters. The van der Waals surface area contributed by atoms with Crippen molar-refractivity contribution in [2.24, 2.45) is 7.05 Å². The highest BCUT2D eigenvalue weighted by atomic mass is 19.1. The minimum Gasteiger partial charge on any atom is -0.481 e. The molecule has 0 radical (unpaired) electrons. The van der Waals surface area contributed by atoms with E-state index in [1.54, 1.807) is 18.3 Å². The Bertz CT molecular complexity index is 1380. The van der Waals surface area contributed by atoms with Crippen molar-refractivity contribution in [3.05, 3.63) is 88.0 Å². The average Bonchev–Trinajstić information content (AvgIpc) is 3.04. The van der Waals surface area contributed by atoms with Gasteiger partial charge in [0.2, 0.25) is 0 Å². The molecule has 0 aliphatic carbocycles. The highest BCUT2D eigenvalue weighted by Crippen LogP contribution is 2.29. The van der Waals surface area contributed by atoms with Crippen molar-refractivity contribution in [2.45, 2.75) is 19.6 Å². The van der Waals surface area contributed by atoms with Crippen LogP contribution in [0.5, 0.6) is 5.75 Å². The highest BCUT2D eigenvalue weighted by Gasteiger charge is 2.18. The predicted molar refractivity (Wildman–Crippen MR) is 112 cm³/mol. The molecule has 4 heterocycles. The Labute approximate surface area is 175 Å². The van der Waals surface area contributed by atoms with E-state index in [0.717, 1.165) is 28.4 Å². The van der Waals surface area contributed by atoms with Gasteiger partial charge in [-0.25, -0.2) is 4.39 Å². The van der Waals surface area contributed by atoms with E-state index in [0.29, 0.717) is 17.9 Å². The van der Waals surface area contributed by atoms with Crippen LogP contribution in [0, 0.1) is 5.82 Å². The second-order valence-electron chi connectivity index (χ2n) is 7.20. The van der Waals surface area contributed by atoms with Crippen molar-refractivity contribution < 1.29 is 11.9 Å². The zero-order valence-electron chi connectivity index (χ0n) is 18.4. The number of nitrogens with zero attached hydrogens (tertiary/aromatic N) is 3. The Morgan fingerprint density at radius 1 is 1.30 bits per heavy atom. The molecule has 0 saturated heterocycles. The van der Waals surface area contributed by atoms with Crippen LogP contribution in [0.3, 0.4) is 0 Å². The van der Waals surface area contributed by atoms with Crippen LogP contribution < -0.4 is 15.6 Å². The molecule has 0 atom stereocenters. The SMILES string of the molecule is [2H]C1([2H])Cc2c(c3ccc(-n4cccc(OCc5ccc(F)cn5)c4=O)cc3n2C)CN1. The standard InChI is InChI=1S/C23H21FN4O2/c1-27-20-8-9-25-13-19(20)18-7-6-17(11-21(18)27)28-10-2-3-22(23(28)29)30-14-16-5-4-15(24)12-26-16/h2-7,10-12,25H,8-9,13-14H2,1H3/i9D2. The molecule has 5 rings (SSSR count). The van der Waals surface area contributed by atoms with E-state index in [1.165, 1.54) is 16.7 Å². The second-order valence-corrected chi connectivity index (χ2v) is 7.20. The first-order chi connectivity index (χ1) is 15.3. The number of ether oxygens (including phenoxy) is 1. The number of halogens is 1. The fraction of sp³-hybridized carbons (Fsp3) is 0.217. The Morgan fingerprint density at radius 2 is 2.20 bits per heavy atom. The molecule has 0 amide bonds. The second kappa shape index (κ2) is 7.42. The highest BCUT2D eigenvalue weighted by molar-refractivity contribution is 5.87. The lowest BCUT2D eigenvalue weighted by Gasteiger charge is -2.14. The molecular formula is C23H21FN4O2. The zero-order chi connectivity index (χ0) is 22.5. The molecule has 1 N–H and O–H groups in total. The van der Waals surface area contributed by atoms with E-state index in [9.17, 15) is 9.18 Å². The third-order valence-corrected chi connectivity index (χ3v) is 5.42. The van der Waals surface area contributed by atoms with Gasteiger partial charge < -0.3 is 14.6 Å². The number of hydrogen-bond acceptors (Lipinski definition) is 4. The summed E-state index contributed by atoms with van der Waals surface area (Å²) in [5.74, 6) is -0.261. The van der Waals surface area contributed by atoms with Gasteiger partial charge in [0.1, 0.15) is 12.4 Å². The van der Waals surface area contributed by atoms with Crippen molar-refractivity contribution >= 4 is 10.9 Å². The van der Waals surface area contributed by atoms with Gasteiger partial charge in [-0.1, -0.05) is 6.07 Å². The van der Waals surface area contributed by atoms with Crippen LogP contribution in [0.4, 0.5) is 4.39 Å². The van der Waals surface area contributed by atoms with Gasteiger partial charge >= 0.3 is 0 Å². The van der Waals surface area contributed by atoms with Gasteiger partial charge in [0.05, 0.1) is 23.1 Å². The molecule has 1 aliphatic rings. The van der Waals surface area contributed by atoms with Crippen LogP contribution in [0.1, 0.15) is 19.7 Å². The van der Waals surface area contributed by atoms with Crippen molar-refractivity contribution in [3.8, 4) is 11.4 Å². The minimum atomic E-state index is -1.44. The van der Waals surface area contributed by atoms with Crippen LogP contribution in [0.2, 0.25) is 0 Å². The summed E-state index contributed by atoms with van der Waals surface area (Å²) < 4.78 is 38.2. The largest absolute Gasteiger partial charge is 0.481 e. The summed E-state index contributed by atoms with van der Waals surface area (Å²) in [5.41, 5.74) is 3.86. The third-order valence-electron chi connectivity index (χ3n) is 5.42. The molecule has 4 aromatic rings. The number of rotatable bonds is 4. The van der Waals surface area contributed by atoms with Gasteiger partial charge in [-0.15, -0.1) is 0 Å². The molecule has 0 bridgehead atoms. The molecular weight excluding hydrogens is 383 g/mol. The van der Waals surface area contributed by atoms with Crippen LogP contribution in [0.25, 0.3) is 16.6 Å². The number of pyridine rings is 2. The van der Waals surface area contributed by atoms with Crippen molar-refractivity contribution in [2.75, 3.05) is 6.50 Å². The predicted octanol–water partition coefficient (Wildman–Crippen LogP) is 3.09. The Hall–Kier alpha value is -3.45. The number of aromatic nitrogens is 3. The van der Waals surface area contributed by atoms with Crippen molar-refractivity contribution in [3.63, 3.8) is 0 Å². The van der Waals surface area contributed by atoms with E-state index >= 15 is 0 Å².